The second kappa shape index (κ2) is 5.33. The Morgan fingerprint density at radius 2 is 2.28 bits per heavy atom. The molecule has 0 amide bonds. The zero-order chi connectivity index (χ0) is 13.1. The molecular weight excluding hydrogens is 235 g/mol. The van der Waals surface area contributed by atoms with Crippen LogP contribution in [0.1, 0.15) is 32.6 Å². The largest absolute Gasteiger partial charge is 0.377 e. The maximum atomic E-state index is 13.0. The Labute approximate surface area is 105 Å². The van der Waals surface area contributed by atoms with Crippen molar-refractivity contribution in [3.05, 3.63) is 34.1 Å². The Kier molecular flexibility index (Phi) is 3.79. The summed E-state index contributed by atoms with van der Waals surface area (Å²) in [6.45, 7) is 2.01. The molecule has 1 aromatic carbocycles. The number of hydrogen-bond acceptors (Lipinski definition) is 3. The summed E-state index contributed by atoms with van der Waals surface area (Å²) in [6.07, 6.45) is 4.79. The molecule has 0 bridgehead atoms. The number of nitro groups is 1. The van der Waals surface area contributed by atoms with Crippen LogP contribution < -0.4 is 5.32 Å². The summed E-state index contributed by atoms with van der Waals surface area (Å²) in [5.74, 6) is 0.144. The molecule has 0 radical (unpaired) electrons. The monoisotopic (exact) mass is 252 g/mol. The van der Waals surface area contributed by atoms with Crippen LogP contribution in [0, 0.1) is 21.8 Å². The van der Waals surface area contributed by atoms with Gasteiger partial charge < -0.3 is 5.32 Å². The van der Waals surface area contributed by atoms with Crippen molar-refractivity contribution in [2.75, 3.05) is 5.32 Å². The Balaban J connectivity index is 2.05. The Morgan fingerprint density at radius 3 is 2.83 bits per heavy atom. The Morgan fingerprint density at radius 1 is 1.56 bits per heavy atom. The molecule has 0 heterocycles. The summed E-state index contributed by atoms with van der Waals surface area (Å²) in [5, 5.41) is 14.0. The van der Waals surface area contributed by atoms with Gasteiger partial charge in [0.15, 0.2) is 0 Å². The van der Waals surface area contributed by atoms with Crippen LogP contribution in [0.2, 0.25) is 0 Å². The van der Waals surface area contributed by atoms with Crippen LogP contribution in [-0.4, -0.2) is 11.0 Å². The third kappa shape index (κ3) is 2.97. The third-order valence-electron chi connectivity index (χ3n) is 3.47. The van der Waals surface area contributed by atoms with E-state index in [9.17, 15) is 14.5 Å². The standard InChI is InChI=1S/C13H17FN2O2/c1-9(7-10-3-2-4-10)15-12-6-5-11(14)8-13(12)16(17)18/h5-6,8-10,15H,2-4,7H2,1H3. The van der Waals surface area contributed by atoms with Gasteiger partial charge in [-0.2, -0.15) is 0 Å². The minimum absolute atomic E-state index is 0.166. The number of halogens is 1. The molecule has 18 heavy (non-hydrogen) atoms. The van der Waals surface area contributed by atoms with E-state index >= 15 is 0 Å². The van der Waals surface area contributed by atoms with Gasteiger partial charge in [0.1, 0.15) is 11.5 Å². The van der Waals surface area contributed by atoms with Gasteiger partial charge in [-0.05, 0) is 31.4 Å². The quantitative estimate of drug-likeness (QED) is 0.641. The Hall–Kier alpha value is -1.65. The van der Waals surface area contributed by atoms with Crippen molar-refractivity contribution >= 4 is 11.4 Å². The minimum Gasteiger partial charge on any atom is -0.377 e. The number of benzene rings is 1. The number of nitro benzene ring substituents is 1. The summed E-state index contributed by atoms with van der Waals surface area (Å²) in [4.78, 5) is 10.3. The molecule has 1 aliphatic rings. The molecule has 4 nitrogen and oxygen atoms in total. The molecular formula is C13H17FN2O2. The highest BCUT2D eigenvalue weighted by molar-refractivity contribution is 5.61. The lowest BCUT2D eigenvalue weighted by Gasteiger charge is -2.28. The fourth-order valence-electron chi connectivity index (χ4n) is 2.33. The van der Waals surface area contributed by atoms with Gasteiger partial charge in [-0.1, -0.05) is 19.3 Å². The van der Waals surface area contributed by atoms with Gasteiger partial charge in [0, 0.05) is 6.04 Å². The molecule has 2 rings (SSSR count). The van der Waals surface area contributed by atoms with Crippen LogP contribution in [0.5, 0.6) is 0 Å². The maximum Gasteiger partial charge on any atom is 0.295 e. The SMILES string of the molecule is CC(CC1CCC1)Nc1ccc(F)cc1[N+](=O)[O-]. The first-order valence-electron chi connectivity index (χ1n) is 6.26. The van der Waals surface area contributed by atoms with E-state index in [1.807, 2.05) is 6.92 Å². The first-order valence-corrected chi connectivity index (χ1v) is 6.26. The topological polar surface area (TPSA) is 55.2 Å². The summed E-state index contributed by atoms with van der Waals surface area (Å²) < 4.78 is 13.0. The minimum atomic E-state index is -0.584. The van der Waals surface area contributed by atoms with Gasteiger partial charge in [-0.3, -0.25) is 10.1 Å². The van der Waals surface area contributed by atoms with Crippen LogP contribution >= 0.6 is 0 Å². The van der Waals surface area contributed by atoms with Crippen molar-refractivity contribution in [2.24, 2.45) is 5.92 Å². The molecule has 1 unspecified atom stereocenters. The molecule has 0 spiro atoms. The number of hydrogen-bond donors (Lipinski definition) is 1. The van der Waals surface area contributed by atoms with Crippen molar-refractivity contribution in [3.8, 4) is 0 Å². The van der Waals surface area contributed by atoms with Gasteiger partial charge in [0.2, 0.25) is 0 Å². The highest BCUT2D eigenvalue weighted by Gasteiger charge is 2.22. The third-order valence-corrected chi connectivity index (χ3v) is 3.47. The van der Waals surface area contributed by atoms with Crippen molar-refractivity contribution in [1.29, 1.82) is 0 Å². The first kappa shape index (κ1) is 12.8. The molecule has 1 atom stereocenters. The summed E-state index contributed by atoms with van der Waals surface area (Å²) >= 11 is 0. The summed E-state index contributed by atoms with van der Waals surface area (Å²) in [7, 11) is 0. The zero-order valence-electron chi connectivity index (χ0n) is 10.4. The fraction of sp³-hybridized carbons (Fsp3) is 0.538. The van der Waals surface area contributed by atoms with Crippen LogP contribution in [-0.2, 0) is 0 Å². The molecule has 5 heteroatoms. The average molecular weight is 252 g/mol. The second-order valence-corrected chi connectivity index (χ2v) is 5.00. The lowest BCUT2D eigenvalue weighted by molar-refractivity contribution is -0.384. The molecule has 1 aromatic rings. The van der Waals surface area contributed by atoms with Crippen molar-refractivity contribution < 1.29 is 9.31 Å². The van der Waals surface area contributed by atoms with E-state index in [-0.39, 0.29) is 11.7 Å². The molecule has 1 saturated carbocycles. The van der Waals surface area contributed by atoms with Crippen LogP contribution in [0.15, 0.2) is 18.2 Å². The van der Waals surface area contributed by atoms with Crippen LogP contribution in [0.4, 0.5) is 15.8 Å². The molecule has 1 fully saturated rings. The van der Waals surface area contributed by atoms with E-state index in [1.54, 1.807) is 0 Å². The zero-order valence-corrected chi connectivity index (χ0v) is 10.4. The molecule has 98 valence electrons. The molecule has 1 aliphatic carbocycles. The second-order valence-electron chi connectivity index (χ2n) is 5.00. The van der Waals surface area contributed by atoms with E-state index in [1.165, 1.54) is 31.4 Å². The predicted molar refractivity (Wildman–Crippen MR) is 68.1 cm³/mol. The summed E-state index contributed by atoms with van der Waals surface area (Å²) in [5.41, 5.74) is 0.198. The van der Waals surface area contributed by atoms with Gasteiger partial charge in [-0.25, -0.2) is 4.39 Å². The highest BCUT2D eigenvalue weighted by atomic mass is 19.1. The number of rotatable bonds is 5. The molecule has 0 aliphatic heterocycles. The van der Waals surface area contributed by atoms with Gasteiger partial charge >= 0.3 is 0 Å². The molecule has 0 aromatic heterocycles. The van der Waals surface area contributed by atoms with Crippen LogP contribution in [0.25, 0.3) is 0 Å². The van der Waals surface area contributed by atoms with Gasteiger partial charge in [-0.15, -0.1) is 0 Å². The van der Waals surface area contributed by atoms with Crippen molar-refractivity contribution in [2.45, 2.75) is 38.6 Å². The number of nitrogens with one attached hydrogen (secondary N) is 1. The Bertz CT molecular complexity index is 447. The van der Waals surface area contributed by atoms with Gasteiger partial charge in [0.05, 0.1) is 11.0 Å². The maximum absolute atomic E-state index is 13.0. The lowest BCUT2D eigenvalue weighted by atomic mass is 9.81. The van der Waals surface area contributed by atoms with Crippen molar-refractivity contribution in [1.82, 2.24) is 0 Å². The van der Waals surface area contributed by atoms with E-state index in [2.05, 4.69) is 5.32 Å². The van der Waals surface area contributed by atoms with E-state index in [4.69, 9.17) is 0 Å². The number of nitrogens with zero attached hydrogens (tertiary/aromatic N) is 1. The molecule has 0 saturated heterocycles. The predicted octanol–water partition coefficient (Wildman–Crippen LogP) is 3.72. The molecule has 1 N–H and O–H groups in total. The average Bonchev–Trinajstić information content (AvgIpc) is 2.26. The fourth-order valence-corrected chi connectivity index (χ4v) is 2.33. The van der Waals surface area contributed by atoms with Gasteiger partial charge in [0.25, 0.3) is 5.69 Å². The first-order chi connectivity index (χ1) is 8.56. The van der Waals surface area contributed by atoms with Crippen molar-refractivity contribution in [3.63, 3.8) is 0 Å². The normalized spacial score (nSPS) is 17.0. The van der Waals surface area contributed by atoms with E-state index in [0.717, 1.165) is 18.4 Å². The van der Waals surface area contributed by atoms with E-state index < -0.39 is 10.7 Å². The van der Waals surface area contributed by atoms with Crippen LogP contribution in [0.3, 0.4) is 0 Å². The van der Waals surface area contributed by atoms with E-state index in [0.29, 0.717) is 5.69 Å². The highest BCUT2D eigenvalue weighted by Crippen LogP contribution is 2.32. The summed E-state index contributed by atoms with van der Waals surface area (Å²) in [6, 6.07) is 3.80. The smallest absolute Gasteiger partial charge is 0.295 e. The lowest BCUT2D eigenvalue weighted by Crippen LogP contribution is -2.23. The number of anilines is 1.